The van der Waals surface area contributed by atoms with E-state index in [0.717, 1.165) is 82.2 Å². The number of nitrogens with two attached hydrogens (primary N) is 1. The van der Waals surface area contributed by atoms with Crippen molar-refractivity contribution >= 4 is 11.9 Å². The van der Waals surface area contributed by atoms with Crippen molar-refractivity contribution in [1.29, 1.82) is 0 Å². The fraction of sp³-hybridized carbons (Fsp3) is 0.667. The lowest BCUT2D eigenvalue weighted by molar-refractivity contribution is -0.123. The Bertz CT molecular complexity index is 756. The Balaban J connectivity index is 1.35. The highest BCUT2D eigenvalue weighted by Gasteiger charge is 2.22. The van der Waals surface area contributed by atoms with Gasteiger partial charge in [0.1, 0.15) is 11.9 Å². The number of nitrogens with zero attached hydrogens (tertiary/aromatic N) is 2. The van der Waals surface area contributed by atoms with Crippen molar-refractivity contribution in [2.24, 2.45) is 16.6 Å². The number of aliphatic imine (C=N–C) groups is 1. The van der Waals surface area contributed by atoms with Crippen LogP contribution in [0, 0.1) is 12.8 Å². The molecule has 0 spiro atoms. The van der Waals surface area contributed by atoms with E-state index in [1.807, 2.05) is 0 Å². The number of nitrogens with one attached hydrogen (secondary N) is 2. The standard InChI is InChI=1S/C24H39N5O3/c1-18-5-6-20(22(15-18)32-21-9-14-31-17-21)16-28-24(26-2)27-10-3-4-11-29-12-7-19(8-13-29)23(25)30/h5-6,15,19,21H,3-4,7-14,16-17H2,1-2H3,(H2,25,30)(H2,26,27,28). The van der Waals surface area contributed by atoms with Gasteiger partial charge in [-0.2, -0.15) is 0 Å². The molecule has 0 aliphatic carbocycles. The number of likely N-dealkylation sites (tertiary alicyclic amines) is 1. The van der Waals surface area contributed by atoms with Gasteiger partial charge in [-0.25, -0.2) is 0 Å². The van der Waals surface area contributed by atoms with Gasteiger partial charge >= 0.3 is 0 Å². The minimum Gasteiger partial charge on any atom is -0.488 e. The molecule has 1 aromatic carbocycles. The van der Waals surface area contributed by atoms with Crippen LogP contribution in [0.1, 0.15) is 43.2 Å². The molecule has 0 bridgehead atoms. The second kappa shape index (κ2) is 12.6. The summed E-state index contributed by atoms with van der Waals surface area (Å²) in [6.07, 6.45) is 5.04. The van der Waals surface area contributed by atoms with E-state index in [1.165, 1.54) is 5.56 Å². The quantitative estimate of drug-likeness (QED) is 0.288. The number of primary amides is 1. The van der Waals surface area contributed by atoms with Crippen LogP contribution in [0.15, 0.2) is 23.2 Å². The molecule has 2 fully saturated rings. The lowest BCUT2D eigenvalue weighted by Gasteiger charge is -2.30. The second-order valence-corrected chi connectivity index (χ2v) is 8.79. The topological polar surface area (TPSA) is 101 Å². The third kappa shape index (κ3) is 7.67. The molecule has 32 heavy (non-hydrogen) atoms. The number of carbonyl (C=O) groups excluding carboxylic acids is 1. The highest BCUT2D eigenvalue weighted by Crippen LogP contribution is 2.23. The Morgan fingerprint density at radius 1 is 1.25 bits per heavy atom. The van der Waals surface area contributed by atoms with Crippen LogP contribution >= 0.6 is 0 Å². The number of hydrogen-bond donors (Lipinski definition) is 3. The Kier molecular flexibility index (Phi) is 9.62. The fourth-order valence-electron chi connectivity index (χ4n) is 4.21. The molecule has 4 N–H and O–H groups in total. The first-order chi connectivity index (χ1) is 15.5. The monoisotopic (exact) mass is 445 g/mol. The number of hydrogen-bond acceptors (Lipinski definition) is 5. The number of unbranched alkanes of at least 4 members (excludes halogenated alkanes) is 1. The van der Waals surface area contributed by atoms with Crippen molar-refractivity contribution in [3.05, 3.63) is 29.3 Å². The van der Waals surface area contributed by atoms with Crippen LogP contribution in [0.2, 0.25) is 0 Å². The maximum absolute atomic E-state index is 11.3. The summed E-state index contributed by atoms with van der Waals surface area (Å²) in [6.45, 7) is 8.03. The minimum absolute atomic E-state index is 0.0632. The number of rotatable bonds is 10. The molecule has 8 nitrogen and oxygen atoms in total. The van der Waals surface area contributed by atoms with E-state index < -0.39 is 0 Å². The van der Waals surface area contributed by atoms with E-state index in [2.05, 4.69) is 45.6 Å². The van der Waals surface area contributed by atoms with Gasteiger partial charge < -0.3 is 30.7 Å². The average molecular weight is 446 g/mol. The van der Waals surface area contributed by atoms with Crippen LogP contribution in [0.25, 0.3) is 0 Å². The molecule has 3 rings (SSSR count). The van der Waals surface area contributed by atoms with Crippen LogP contribution in [0.3, 0.4) is 0 Å². The predicted molar refractivity (Wildman–Crippen MR) is 127 cm³/mol. The molecule has 2 heterocycles. The zero-order valence-electron chi connectivity index (χ0n) is 19.6. The van der Waals surface area contributed by atoms with E-state index in [-0.39, 0.29) is 17.9 Å². The molecule has 0 radical (unpaired) electrons. The van der Waals surface area contributed by atoms with Crippen molar-refractivity contribution < 1.29 is 14.3 Å². The summed E-state index contributed by atoms with van der Waals surface area (Å²) in [7, 11) is 1.79. The lowest BCUT2D eigenvalue weighted by Crippen LogP contribution is -2.39. The maximum Gasteiger partial charge on any atom is 0.220 e. The molecule has 1 atom stereocenters. The van der Waals surface area contributed by atoms with Gasteiger partial charge in [0.25, 0.3) is 0 Å². The number of benzene rings is 1. The normalized spacial score (nSPS) is 20.3. The highest BCUT2D eigenvalue weighted by molar-refractivity contribution is 5.79. The second-order valence-electron chi connectivity index (χ2n) is 8.79. The fourth-order valence-corrected chi connectivity index (χ4v) is 4.21. The zero-order chi connectivity index (χ0) is 22.8. The summed E-state index contributed by atoms with van der Waals surface area (Å²) in [4.78, 5) is 18.1. The van der Waals surface area contributed by atoms with E-state index in [0.29, 0.717) is 13.2 Å². The number of guanidine groups is 1. The van der Waals surface area contributed by atoms with Gasteiger partial charge in [-0.1, -0.05) is 12.1 Å². The summed E-state index contributed by atoms with van der Waals surface area (Å²) in [5.41, 5.74) is 7.71. The van der Waals surface area contributed by atoms with Gasteiger partial charge in [-0.3, -0.25) is 9.79 Å². The molecule has 1 unspecified atom stereocenters. The van der Waals surface area contributed by atoms with Crippen molar-refractivity contribution in [3.63, 3.8) is 0 Å². The van der Waals surface area contributed by atoms with E-state index >= 15 is 0 Å². The van der Waals surface area contributed by atoms with Gasteiger partial charge in [0, 0.05) is 38.0 Å². The average Bonchev–Trinajstić information content (AvgIpc) is 3.30. The van der Waals surface area contributed by atoms with Crippen molar-refractivity contribution in [2.45, 2.75) is 51.7 Å². The Morgan fingerprint density at radius 3 is 2.75 bits per heavy atom. The summed E-state index contributed by atoms with van der Waals surface area (Å²) < 4.78 is 11.6. The molecular formula is C24H39N5O3. The van der Waals surface area contributed by atoms with Crippen LogP contribution in [-0.4, -0.2) is 69.3 Å². The summed E-state index contributed by atoms with van der Waals surface area (Å²) >= 11 is 0. The first-order valence-corrected chi connectivity index (χ1v) is 11.8. The molecule has 0 saturated carbocycles. The molecule has 0 aromatic heterocycles. The number of ether oxygens (including phenoxy) is 2. The van der Waals surface area contributed by atoms with Crippen molar-refractivity contribution in [2.75, 3.05) is 46.4 Å². The smallest absolute Gasteiger partial charge is 0.220 e. The third-order valence-electron chi connectivity index (χ3n) is 6.26. The largest absolute Gasteiger partial charge is 0.488 e. The molecule has 8 heteroatoms. The zero-order valence-corrected chi connectivity index (χ0v) is 19.6. The minimum atomic E-state index is -0.149. The van der Waals surface area contributed by atoms with Crippen molar-refractivity contribution in [1.82, 2.24) is 15.5 Å². The van der Waals surface area contributed by atoms with Crippen LogP contribution in [0.4, 0.5) is 0 Å². The molecule has 1 aromatic rings. The molecule has 2 aliphatic heterocycles. The third-order valence-corrected chi connectivity index (χ3v) is 6.26. The van der Waals surface area contributed by atoms with Gasteiger partial charge in [0.05, 0.1) is 13.2 Å². The van der Waals surface area contributed by atoms with Gasteiger partial charge in [-0.15, -0.1) is 0 Å². The number of aryl methyl sites for hydroxylation is 1. The lowest BCUT2D eigenvalue weighted by atomic mass is 9.96. The highest BCUT2D eigenvalue weighted by atomic mass is 16.5. The Hall–Kier alpha value is -2.32. The Morgan fingerprint density at radius 2 is 2.06 bits per heavy atom. The Labute approximate surface area is 191 Å². The van der Waals surface area contributed by atoms with Gasteiger partial charge in [-0.05, 0) is 63.9 Å². The number of piperidine rings is 1. The van der Waals surface area contributed by atoms with Crippen LogP contribution in [-0.2, 0) is 16.1 Å². The molecule has 178 valence electrons. The first kappa shape index (κ1) is 24.3. The molecule has 2 aliphatic rings. The summed E-state index contributed by atoms with van der Waals surface area (Å²) in [6, 6.07) is 6.32. The van der Waals surface area contributed by atoms with Crippen LogP contribution < -0.4 is 21.1 Å². The number of carbonyl (C=O) groups is 1. The van der Waals surface area contributed by atoms with E-state index in [4.69, 9.17) is 15.2 Å². The predicted octanol–water partition coefficient (Wildman–Crippen LogP) is 1.81. The molecule has 2 saturated heterocycles. The maximum atomic E-state index is 11.3. The van der Waals surface area contributed by atoms with Crippen molar-refractivity contribution in [3.8, 4) is 5.75 Å². The first-order valence-electron chi connectivity index (χ1n) is 11.8. The van der Waals surface area contributed by atoms with Crippen LogP contribution in [0.5, 0.6) is 5.75 Å². The van der Waals surface area contributed by atoms with E-state index in [9.17, 15) is 4.79 Å². The molecule has 1 amide bonds. The summed E-state index contributed by atoms with van der Waals surface area (Å²) in [5.74, 6) is 1.63. The SMILES string of the molecule is CN=C(NCCCCN1CCC(C(N)=O)CC1)NCc1ccc(C)cc1OC1CCOC1. The van der Waals surface area contributed by atoms with E-state index in [1.54, 1.807) is 7.05 Å². The number of amides is 1. The van der Waals surface area contributed by atoms with Gasteiger partial charge in [0.15, 0.2) is 5.96 Å². The van der Waals surface area contributed by atoms with Gasteiger partial charge in [0.2, 0.25) is 5.91 Å². The molecular weight excluding hydrogens is 406 g/mol. The summed E-state index contributed by atoms with van der Waals surface area (Å²) in [5, 5.41) is 6.80.